The third-order valence-corrected chi connectivity index (χ3v) is 5.08. The maximum Gasteiger partial charge on any atom is 0.157 e. The predicted molar refractivity (Wildman–Crippen MR) is 90.0 cm³/mol. The first kappa shape index (κ1) is 17.8. The fourth-order valence-electron chi connectivity index (χ4n) is 3.89. The predicted octanol–water partition coefficient (Wildman–Crippen LogP) is 3.94. The van der Waals surface area contributed by atoms with Gasteiger partial charge in [0, 0.05) is 0 Å². The van der Waals surface area contributed by atoms with Crippen molar-refractivity contribution >= 4 is 6.29 Å². The van der Waals surface area contributed by atoms with E-state index in [0.29, 0.717) is 18.6 Å². The van der Waals surface area contributed by atoms with Gasteiger partial charge < -0.3 is 14.9 Å². The van der Waals surface area contributed by atoms with Crippen LogP contribution in [0.3, 0.4) is 0 Å². The Labute approximate surface area is 138 Å². The molecule has 3 atom stereocenters. The molecule has 0 aliphatic heterocycles. The van der Waals surface area contributed by atoms with Crippen LogP contribution in [0.25, 0.3) is 0 Å². The van der Waals surface area contributed by atoms with Crippen LogP contribution in [0.2, 0.25) is 0 Å². The smallest absolute Gasteiger partial charge is 0.157 e. The molecule has 0 amide bonds. The molecule has 0 bridgehead atoms. The highest BCUT2D eigenvalue weighted by Crippen LogP contribution is 2.40. The lowest BCUT2D eigenvalue weighted by molar-refractivity contribution is -0.0578. The van der Waals surface area contributed by atoms with Gasteiger partial charge in [-0.2, -0.15) is 0 Å². The summed E-state index contributed by atoms with van der Waals surface area (Å²) in [7, 11) is 0. The van der Waals surface area contributed by atoms with Crippen molar-refractivity contribution in [1.29, 1.82) is 0 Å². The van der Waals surface area contributed by atoms with Crippen LogP contribution in [0.1, 0.15) is 62.7 Å². The SMILES string of the molecule is CCCC(C)(O)C1CCCCC1COc1cccc(O)c1C=O. The molecule has 128 valence electrons. The Kier molecular flexibility index (Phi) is 6.05. The molecule has 0 aromatic heterocycles. The maximum absolute atomic E-state index is 11.1. The minimum atomic E-state index is -0.671. The average molecular weight is 320 g/mol. The lowest BCUT2D eigenvalue weighted by Gasteiger charge is -2.41. The van der Waals surface area contributed by atoms with Crippen molar-refractivity contribution in [2.75, 3.05) is 6.61 Å². The molecule has 4 heteroatoms. The minimum Gasteiger partial charge on any atom is -0.507 e. The summed E-state index contributed by atoms with van der Waals surface area (Å²) in [4.78, 5) is 11.1. The third kappa shape index (κ3) is 4.25. The van der Waals surface area contributed by atoms with Crippen molar-refractivity contribution < 1.29 is 19.7 Å². The lowest BCUT2D eigenvalue weighted by Crippen LogP contribution is -2.42. The Morgan fingerprint density at radius 3 is 2.78 bits per heavy atom. The average Bonchev–Trinajstić information content (AvgIpc) is 2.53. The van der Waals surface area contributed by atoms with E-state index in [1.807, 2.05) is 6.92 Å². The van der Waals surface area contributed by atoms with E-state index >= 15 is 0 Å². The summed E-state index contributed by atoms with van der Waals surface area (Å²) < 4.78 is 5.85. The number of carbonyl (C=O) groups is 1. The number of phenols is 1. The highest BCUT2D eigenvalue weighted by atomic mass is 16.5. The fourth-order valence-corrected chi connectivity index (χ4v) is 3.89. The van der Waals surface area contributed by atoms with Crippen LogP contribution in [-0.2, 0) is 0 Å². The number of aldehydes is 1. The molecule has 1 aliphatic rings. The van der Waals surface area contributed by atoms with E-state index in [1.54, 1.807) is 12.1 Å². The molecular weight excluding hydrogens is 292 g/mol. The number of rotatable bonds is 7. The van der Waals surface area contributed by atoms with Crippen molar-refractivity contribution in [3.8, 4) is 11.5 Å². The van der Waals surface area contributed by atoms with Gasteiger partial charge in [0.15, 0.2) is 6.29 Å². The summed E-state index contributed by atoms with van der Waals surface area (Å²) >= 11 is 0. The quantitative estimate of drug-likeness (QED) is 0.747. The number of phenolic OH excluding ortho intramolecular Hbond substituents is 1. The van der Waals surface area contributed by atoms with Gasteiger partial charge in [-0.1, -0.05) is 32.3 Å². The van der Waals surface area contributed by atoms with Crippen LogP contribution < -0.4 is 4.74 Å². The van der Waals surface area contributed by atoms with Crippen LogP contribution in [0.5, 0.6) is 11.5 Å². The normalized spacial score (nSPS) is 24.0. The van der Waals surface area contributed by atoms with Crippen molar-refractivity contribution in [2.24, 2.45) is 11.8 Å². The van der Waals surface area contributed by atoms with E-state index < -0.39 is 5.60 Å². The van der Waals surface area contributed by atoms with Crippen molar-refractivity contribution in [2.45, 2.75) is 58.0 Å². The molecular formula is C19H28O4. The molecule has 23 heavy (non-hydrogen) atoms. The van der Waals surface area contributed by atoms with Crippen LogP contribution in [0, 0.1) is 11.8 Å². The van der Waals surface area contributed by atoms with Gasteiger partial charge in [0.1, 0.15) is 11.5 Å². The molecule has 2 rings (SSSR count). The van der Waals surface area contributed by atoms with Gasteiger partial charge in [-0.25, -0.2) is 0 Å². The number of hydrogen-bond donors (Lipinski definition) is 2. The zero-order chi connectivity index (χ0) is 16.9. The van der Waals surface area contributed by atoms with E-state index in [4.69, 9.17) is 4.74 Å². The standard InChI is InChI=1S/C19H28O4/c1-3-11-19(2,22)16-8-5-4-7-14(16)13-23-18-10-6-9-17(21)15(18)12-20/h6,9-10,12,14,16,21-22H,3-5,7-8,11,13H2,1-2H3. The number of benzene rings is 1. The number of ether oxygens (including phenoxy) is 1. The van der Waals surface area contributed by atoms with Crippen molar-refractivity contribution in [3.05, 3.63) is 23.8 Å². The number of aliphatic hydroxyl groups is 1. The van der Waals surface area contributed by atoms with E-state index in [-0.39, 0.29) is 23.1 Å². The van der Waals surface area contributed by atoms with Crippen molar-refractivity contribution in [3.63, 3.8) is 0 Å². The summed E-state index contributed by atoms with van der Waals surface area (Å²) in [6.07, 6.45) is 6.70. The molecule has 1 fully saturated rings. The molecule has 3 unspecified atom stereocenters. The Morgan fingerprint density at radius 1 is 1.35 bits per heavy atom. The minimum absolute atomic E-state index is 0.0596. The maximum atomic E-state index is 11.1. The Morgan fingerprint density at radius 2 is 2.09 bits per heavy atom. The van der Waals surface area contributed by atoms with Crippen LogP contribution in [0.4, 0.5) is 0 Å². The molecule has 1 saturated carbocycles. The molecule has 0 heterocycles. The van der Waals surface area contributed by atoms with Crippen LogP contribution in [-0.4, -0.2) is 28.7 Å². The molecule has 0 saturated heterocycles. The second-order valence-electron chi connectivity index (χ2n) is 6.88. The second kappa shape index (κ2) is 7.82. The van der Waals surface area contributed by atoms with Gasteiger partial charge in [0.05, 0.1) is 17.8 Å². The molecule has 1 aromatic carbocycles. The van der Waals surface area contributed by atoms with Gasteiger partial charge in [-0.15, -0.1) is 0 Å². The zero-order valence-electron chi connectivity index (χ0n) is 14.1. The van der Waals surface area contributed by atoms with E-state index in [2.05, 4.69) is 6.92 Å². The molecule has 1 aliphatic carbocycles. The summed E-state index contributed by atoms with van der Waals surface area (Å²) in [5.41, 5.74) is -0.477. The first-order valence-corrected chi connectivity index (χ1v) is 8.62. The van der Waals surface area contributed by atoms with Crippen LogP contribution >= 0.6 is 0 Å². The number of hydrogen-bond acceptors (Lipinski definition) is 4. The van der Waals surface area contributed by atoms with E-state index in [1.165, 1.54) is 6.07 Å². The number of carbonyl (C=O) groups excluding carboxylic acids is 1. The van der Waals surface area contributed by atoms with Crippen LogP contribution in [0.15, 0.2) is 18.2 Å². The van der Waals surface area contributed by atoms with Gasteiger partial charge in [-0.3, -0.25) is 4.79 Å². The molecule has 2 N–H and O–H groups in total. The second-order valence-corrected chi connectivity index (χ2v) is 6.88. The Hall–Kier alpha value is -1.55. The highest BCUT2D eigenvalue weighted by Gasteiger charge is 2.38. The summed E-state index contributed by atoms with van der Waals surface area (Å²) in [6, 6.07) is 4.85. The van der Waals surface area contributed by atoms with Crippen molar-refractivity contribution in [1.82, 2.24) is 0 Å². The van der Waals surface area contributed by atoms with Gasteiger partial charge in [0.2, 0.25) is 0 Å². The fraction of sp³-hybridized carbons (Fsp3) is 0.632. The van der Waals surface area contributed by atoms with E-state index in [9.17, 15) is 15.0 Å². The summed E-state index contributed by atoms with van der Waals surface area (Å²) in [5, 5.41) is 20.5. The monoisotopic (exact) mass is 320 g/mol. The third-order valence-electron chi connectivity index (χ3n) is 5.08. The largest absolute Gasteiger partial charge is 0.507 e. The molecule has 0 spiro atoms. The first-order valence-electron chi connectivity index (χ1n) is 8.62. The van der Waals surface area contributed by atoms with Gasteiger partial charge >= 0.3 is 0 Å². The highest BCUT2D eigenvalue weighted by molar-refractivity contribution is 5.83. The molecule has 0 radical (unpaired) electrons. The first-order chi connectivity index (χ1) is 11.0. The topological polar surface area (TPSA) is 66.8 Å². The molecule has 4 nitrogen and oxygen atoms in total. The Balaban J connectivity index is 2.08. The zero-order valence-corrected chi connectivity index (χ0v) is 14.1. The number of aromatic hydroxyl groups is 1. The Bertz CT molecular complexity index is 524. The van der Waals surface area contributed by atoms with E-state index in [0.717, 1.165) is 38.5 Å². The summed E-state index contributed by atoms with van der Waals surface area (Å²) in [5.74, 6) is 0.843. The lowest BCUT2D eigenvalue weighted by atomic mass is 9.69. The van der Waals surface area contributed by atoms with Gasteiger partial charge in [-0.05, 0) is 50.2 Å². The summed E-state index contributed by atoms with van der Waals surface area (Å²) in [6.45, 7) is 4.49. The van der Waals surface area contributed by atoms with Gasteiger partial charge in [0.25, 0.3) is 0 Å². The molecule has 1 aromatic rings.